The van der Waals surface area contributed by atoms with Gasteiger partial charge >= 0.3 is 14.6 Å². The molecule has 0 amide bonds. The summed E-state index contributed by atoms with van der Waals surface area (Å²) < 4.78 is 58.3. The molecule has 20 nitrogen and oxygen atoms in total. The second-order valence-corrected chi connectivity index (χ2v) is 15.6. The molecule has 4 aromatic rings. The summed E-state index contributed by atoms with van der Waals surface area (Å²) in [4.78, 5) is 35.6. The van der Waals surface area contributed by atoms with Gasteiger partial charge in [0.2, 0.25) is 0 Å². The van der Waals surface area contributed by atoms with Crippen LogP contribution in [-0.2, 0) is 32.0 Å². The van der Waals surface area contributed by atoms with Gasteiger partial charge < -0.3 is 35.9 Å². The van der Waals surface area contributed by atoms with Crippen LogP contribution in [0.1, 0.15) is 18.7 Å². The summed E-state index contributed by atoms with van der Waals surface area (Å²) in [5.41, 5.74) is 11.8. The van der Waals surface area contributed by atoms with Crippen molar-refractivity contribution in [2.75, 3.05) is 24.7 Å². The molecule has 2 bridgehead atoms. The fraction of sp³-hybridized carbons (Fsp3) is 0.545. The second-order valence-electron chi connectivity index (χ2n) is 11.3. The van der Waals surface area contributed by atoms with Crippen molar-refractivity contribution in [1.29, 1.82) is 0 Å². The maximum atomic E-state index is 13.6. The van der Waals surface area contributed by atoms with Crippen LogP contribution in [-0.4, -0.2) is 97.9 Å². The lowest BCUT2D eigenvalue weighted by Gasteiger charge is -2.30. The number of hydrogen-bond acceptors (Lipinski definition) is 17. The third-order valence-electron chi connectivity index (χ3n) is 8.90. The standard InChI is InChI=1S/C22H26N10O10P2S/c23-17-10-19(27-4-25-17)31(6-29-10)12-8-1-22(8)3-39-43(35,36)41-15-13(33)9(2-38-44(37,45)42-16(22)14(12)34)40-21(15)32-7-30-11-18(24)26-5-28-20(11)32/h4-9,12-16,21,33-34H,1-3H2,(H,35,36)(H,37,45)(H2,23,25,27)(H2,24,26,28)/t8-,9-,12-,13-,14+,15-,16+,21-,22?,44+/m1/s1. The Morgan fingerprint density at radius 2 is 1.56 bits per heavy atom. The van der Waals surface area contributed by atoms with E-state index in [0.29, 0.717) is 17.6 Å². The molecule has 2 aliphatic heterocycles. The number of hydrogen-bond donors (Lipinski definition) is 6. The lowest BCUT2D eigenvalue weighted by Crippen LogP contribution is -2.37. The number of phosphoric acid groups is 1. The number of nitrogens with zero attached hydrogens (tertiary/aromatic N) is 8. The zero-order valence-corrected chi connectivity index (χ0v) is 25.5. The molecule has 8 rings (SSSR count). The largest absolute Gasteiger partial charge is 0.472 e. The van der Waals surface area contributed by atoms with Crippen molar-refractivity contribution in [3.63, 3.8) is 0 Å². The molecule has 2 unspecified atom stereocenters. The van der Waals surface area contributed by atoms with E-state index in [4.69, 9.17) is 34.3 Å². The third-order valence-corrected chi connectivity index (χ3v) is 11.5. The quantitative estimate of drug-likeness (QED) is 0.119. The van der Waals surface area contributed by atoms with Crippen molar-refractivity contribution >= 4 is 60.8 Å². The predicted octanol–water partition coefficient (Wildman–Crippen LogP) is -0.0337. The molecular weight excluding hydrogens is 658 g/mol. The summed E-state index contributed by atoms with van der Waals surface area (Å²) in [5.74, 6) is -0.196. The number of fused-ring (bicyclic) bond motifs is 4. The maximum Gasteiger partial charge on any atom is 0.472 e. The molecule has 2 saturated heterocycles. The van der Waals surface area contributed by atoms with E-state index in [2.05, 4.69) is 42.2 Å². The summed E-state index contributed by atoms with van der Waals surface area (Å²) >= 11 is 4.14. The van der Waals surface area contributed by atoms with E-state index >= 15 is 0 Å². The fourth-order valence-corrected chi connectivity index (χ4v) is 9.26. The van der Waals surface area contributed by atoms with Gasteiger partial charge in [-0.25, -0.2) is 39.0 Å². The molecular formula is C22H26N10O10P2S. The highest BCUT2D eigenvalue weighted by atomic mass is 32.7. The average Bonchev–Trinajstić information content (AvgIpc) is 3.28. The minimum absolute atomic E-state index is 0.0746. The van der Waals surface area contributed by atoms with Crippen molar-refractivity contribution in [3.8, 4) is 0 Å². The summed E-state index contributed by atoms with van der Waals surface area (Å²) in [6.07, 6.45) is -2.68. The van der Waals surface area contributed by atoms with E-state index in [1.54, 1.807) is 4.57 Å². The number of anilines is 2. The van der Waals surface area contributed by atoms with Crippen LogP contribution in [0.3, 0.4) is 0 Å². The molecule has 11 atom stereocenters. The molecule has 7 N–H and O–H groups in total. The number of aliphatic hydroxyl groups excluding tert-OH is 2. The van der Waals surface area contributed by atoms with Crippen LogP contribution in [0.4, 0.5) is 11.6 Å². The Morgan fingerprint density at radius 3 is 2.24 bits per heavy atom. The number of nitrogens with two attached hydrogens (primary N) is 2. The van der Waals surface area contributed by atoms with Gasteiger partial charge in [0.15, 0.2) is 29.2 Å². The molecule has 23 heteroatoms. The van der Waals surface area contributed by atoms with Gasteiger partial charge in [-0.1, -0.05) is 12.2 Å². The number of nitrogen functional groups attached to an aromatic ring is 2. The SMILES string of the molecule is Nc1ncnc2c1ncn2[C@H]1[C@H](O)[C@@H]2O[P@@](=O)(S)OC[C@H]3O[C@@H](n4cnc5c(N)ncnc54)[C@H](OP(=O)(O)OCC24C[C@H]14)[C@@H]3O. The first-order valence-corrected chi connectivity index (χ1v) is 17.8. The average molecular weight is 685 g/mol. The van der Waals surface area contributed by atoms with E-state index in [1.165, 1.54) is 29.9 Å². The first-order chi connectivity index (χ1) is 21.4. The van der Waals surface area contributed by atoms with Crippen LogP contribution in [0.15, 0.2) is 25.3 Å². The van der Waals surface area contributed by atoms with Crippen molar-refractivity contribution in [1.82, 2.24) is 39.0 Å². The van der Waals surface area contributed by atoms with E-state index < -0.39 is 82.0 Å². The predicted molar refractivity (Wildman–Crippen MR) is 153 cm³/mol. The van der Waals surface area contributed by atoms with Gasteiger partial charge in [0.05, 0.1) is 31.9 Å². The summed E-state index contributed by atoms with van der Waals surface area (Å²) in [7, 11) is -4.94. The first-order valence-electron chi connectivity index (χ1n) is 13.6. The molecule has 4 fully saturated rings. The van der Waals surface area contributed by atoms with Crippen LogP contribution < -0.4 is 11.5 Å². The van der Waals surface area contributed by atoms with Crippen LogP contribution in [0.25, 0.3) is 22.3 Å². The number of thiol groups is 1. The zero-order chi connectivity index (χ0) is 31.5. The summed E-state index contributed by atoms with van der Waals surface area (Å²) in [6, 6.07) is -0.729. The molecule has 0 aromatic carbocycles. The Kier molecular flexibility index (Phi) is 6.64. The van der Waals surface area contributed by atoms with E-state index in [9.17, 15) is 24.2 Å². The molecule has 240 valence electrons. The van der Waals surface area contributed by atoms with Gasteiger partial charge in [-0.3, -0.25) is 22.7 Å². The highest BCUT2D eigenvalue weighted by Gasteiger charge is 2.74. The maximum absolute atomic E-state index is 13.6. The number of aliphatic hydroxyl groups is 2. The number of aromatic nitrogens is 8. The first kappa shape index (κ1) is 29.6. The Hall–Kier alpha value is -2.81. The Bertz CT molecular complexity index is 1930. The molecule has 6 heterocycles. The van der Waals surface area contributed by atoms with Crippen molar-refractivity contribution in [2.24, 2.45) is 11.3 Å². The molecule has 4 aromatic heterocycles. The minimum Gasteiger partial charge on any atom is -0.388 e. The second kappa shape index (κ2) is 10.1. The van der Waals surface area contributed by atoms with E-state index in [-0.39, 0.29) is 22.8 Å². The van der Waals surface area contributed by atoms with Crippen LogP contribution >= 0.6 is 26.9 Å². The molecule has 45 heavy (non-hydrogen) atoms. The summed E-state index contributed by atoms with van der Waals surface area (Å²) in [5, 5.41) is 22.7. The highest BCUT2D eigenvalue weighted by Crippen LogP contribution is 2.73. The van der Waals surface area contributed by atoms with E-state index in [0.717, 1.165) is 0 Å². The van der Waals surface area contributed by atoms with Crippen molar-refractivity contribution in [3.05, 3.63) is 25.3 Å². The lowest BCUT2D eigenvalue weighted by molar-refractivity contribution is -0.0592. The van der Waals surface area contributed by atoms with Gasteiger partial charge in [0.25, 0.3) is 0 Å². The summed E-state index contributed by atoms with van der Waals surface area (Å²) in [6.45, 7) is -5.26. The highest BCUT2D eigenvalue weighted by molar-refractivity contribution is 8.44. The molecule has 4 aliphatic rings. The number of phosphoric ester groups is 1. The fourth-order valence-electron chi connectivity index (χ4n) is 6.73. The van der Waals surface area contributed by atoms with Gasteiger partial charge in [-0.15, -0.1) is 0 Å². The zero-order valence-electron chi connectivity index (χ0n) is 22.8. The molecule has 1 spiro atoms. The molecule has 2 saturated carbocycles. The Balaban J connectivity index is 1.14. The van der Waals surface area contributed by atoms with Crippen LogP contribution in [0.5, 0.6) is 0 Å². The van der Waals surface area contributed by atoms with Crippen molar-refractivity contribution < 1.29 is 47.1 Å². The Morgan fingerprint density at radius 1 is 0.911 bits per heavy atom. The van der Waals surface area contributed by atoms with Crippen LogP contribution in [0, 0.1) is 11.3 Å². The molecule has 0 radical (unpaired) electrons. The number of rotatable bonds is 2. The monoisotopic (exact) mass is 684 g/mol. The number of ether oxygens (including phenoxy) is 1. The molecule has 2 aliphatic carbocycles. The van der Waals surface area contributed by atoms with Gasteiger partial charge in [0, 0.05) is 5.41 Å². The Labute approximate surface area is 257 Å². The van der Waals surface area contributed by atoms with Gasteiger partial charge in [-0.05, 0) is 12.3 Å². The van der Waals surface area contributed by atoms with Gasteiger partial charge in [-0.2, -0.15) is 0 Å². The van der Waals surface area contributed by atoms with Crippen molar-refractivity contribution in [2.45, 2.75) is 49.2 Å². The third kappa shape index (κ3) is 4.61. The van der Waals surface area contributed by atoms with Gasteiger partial charge in [0.1, 0.15) is 54.2 Å². The number of imidazole rings is 2. The van der Waals surface area contributed by atoms with E-state index in [1.807, 2.05) is 0 Å². The minimum atomic E-state index is -4.94. The smallest absolute Gasteiger partial charge is 0.388 e. The van der Waals surface area contributed by atoms with Crippen LogP contribution in [0.2, 0.25) is 0 Å². The lowest BCUT2D eigenvalue weighted by atomic mass is 10.0. The normalized spacial score (nSPS) is 41.7. The topological polar surface area (TPSA) is 280 Å².